The number of nitro groups is 1. The van der Waals surface area contributed by atoms with Crippen molar-refractivity contribution in [1.82, 2.24) is 0 Å². The number of hydrogen-bond donors (Lipinski definition) is 0. The Morgan fingerprint density at radius 3 is 2.60 bits per heavy atom. The summed E-state index contributed by atoms with van der Waals surface area (Å²) in [6.07, 6.45) is 1.53. The maximum atomic E-state index is 12.8. The minimum absolute atomic E-state index is 0.0421. The molecule has 1 fully saturated rings. The highest BCUT2D eigenvalue weighted by Gasteiger charge is 2.34. The first kappa shape index (κ1) is 17.3. The van der Waals surface area contributed by atoms with Gasteiger partial charge in [0.15, 0.2) is 4.32 Å². The Labute approximate surface area is 154 Å². The highest BCUT2D eigenvalue weighted by atomic mass is 32.2. The minimum atomic E-state index is -0.461. The number of para-hydroxylation sites is 1. The molecule has 3 rings (SSSR count). The van der Waals surface area contributed by atoms with Crippen LogP contribution in [-0.4, -0.2) is 15.2 Å². The topological polar surface area (TPSA) is 63.5 Å². The van der Waals surface area contributed by atoms with Gasteiger partial charge in [-0.15, -0.1) is 0 Å². The Morgan fingerprint density at radius 1 is 1.16 bits per heavy atom. The molecule has 1 aliphatic rings. The van der Waals surface area contributed by atoms with Gasteiger partial charge in [0.2, 0.25) is 0 Å². The van der Waals surface area contributed by atoms with Crippen LogP contribution in [0.3, 0.4) is 0 Å². The minimum Gasteiger partial charge on any atom is -0.268 e. The van der Waals surface area contributed by atoms with E-state index >= 15 is 0 Å². The number of carbonyl (C=O) groups excluding carboxylic acids is 1. The van der Waals surface area contributed by atoms with Gasteiger partial charge in [0.05, 0.1) is 21.1 Å². The van der Waals surface area contributed by atoms with Gasteiger partial charge >= 0.3 is 0 Å². The summed E-state index contributed by atoms with van der Waals surface area (Å²) >= 11 is 6.53. The molecule has 7 heteroatoms. The van der Waals surface area contributed by atoms with E-state index in [1.807, 2.05) is 32.0 Å². The van der Waals surface area contributed by atoms with Crippen molar-refractivity contribution in [2.45, 2.75) is 13.8 Å². The summed E-state index contributed by atoms with van der Waals surface area (Å²) in [7, 11) is 0. The predicted octanol–water partition coefficient (Wildman–Crippen LogP) is 4.62. The fraction of sp³-hybridized carbons (Fsp3) is 0.111. The molecule has 0 atom stereocenters. The van der Waals surface area contributed by atoms with Crippen molar-refractivity contribution in [3.8, 4) is 0 Å². The van der Waals surface area contributed by atoms with E-state index in [4.69, 9.17) is 12.2 Å². The molecule has 0 aliphatic carbocycles. The summed E-state index contributed by atoms with van der Waals surface area (Å²) in [4.78, 5) is 25.4. The molecular formula is C18H14N2O3S2. The van der Waals surface area contributed by atoms with Crippen molar-refractivity contribution < 1.29 is 9.72 Å². The Morgan fingerprint density at radius 2 is 1.88 bits per heavy atom. The van der Waals surface area contributed by atoms with E-state index in [1.54, 1.807) is 18.2 Å². The third-order valence-electron chi connectivity index (χ3n) is 4.03. The zero-order chi connectivity index (χ0) is 18.1. The van der Waals surface area contributed by atoms with Gasteiger partial charge in [-0.05, 0) is 43.2 Å². The lowest BCUT2D eigenvalue weighted by atomic mass is 10.1. The highest BCUT2D eigenvalue weighted by molar-refractivity contribution is 8.27. The number of anilines is 1. The van der Waals surface area contributed by atoms with E-state index in [2.05, 4.69) is 0 Å². The van der Waals surface area contributed by atoms with Gasteiger partial charge in [-0.3, -0.25) is 19.8 Å². The van der Waals surface area contributed by atoms with Gasteiger partial charge in [0, 0.05) is 6.07 Å². The van der Waals surface area contributed by atoms with Gasteiger partial charge in [0.1, 0.15) is 0 Å². The molecule has 0 bridgehead atoms. The lowest BCUT2D eigenvalue weighted by Crippen LogP contribution is -2.28. The standard InChI is InChI=1S/C18H14N2O3S2/c1-11-6-5-9-14(12(11)2)19-17(21)16(25-18(19)24)10-13-7-3-4-8-15(13)20(22)23/h3-10H,1-2H3/b16-10+. The first-order chi connectivity index (χ1) is 11.9. The fourth-order valence-electron chi connectivity index (χ4n) is 2.57. The van der Waals surface area contributed by atoms with Crippen molar-refractivity contribution in [1.29, 1.82) is 0 Å². The van der Waals surface area contributed by atoms with Crippen LogP contribution < -0.4 is 4.90 Å². The molecule has 0 saturated carbocycles. The SMILES string of the molecule is Cc1cccc(N2C(=O)/C(=C\c3ccccc3[N+](=O)[O-])SC2=S)c1C. The van der Waals surface area contributed by atoms with Crippen molar-refractivity contribution in [3.05, 3.63) is 74.2 Å². The number of benzene rings is 2. The predicted molar refractivity (Wildman–Crippen MR) is 105 cm³/mol. The first-order valence-corrected chi connectivity index (χ1v) is 8.70. The molecular weight excluding hydrogens is 356 g/mol. The monoisotopic (exact) mass is 370 g/mol. The van der Waals surface area contributed by atoms with E-state index in [0.29, 0.717) is 14.8 Å². The number of rotatable bonds is 3. The van der Waals surface area contributed by atoms with Crippen molar-refractivity contribution in [3.63, 3.8) is 0 Å². The number of hydrogen-bond acceptors (Lipinski definition) is 5. The smallest absolute Gasteiger partial charge is 0.268 e. The summed E-state index contributed by atoms with van der Waals surface area (Å²) in [5.74, 6) is -0.262. The fourth-order valence-corrected chi connectivity index (χ4v) is 3.85. The first-order valence-electron chi connectivity index (χ1n) is 7.47. The third kappa shape index (κ3) is 3.20. The highest BCUT2D eigenvalue weighted by Crippen LogP contribution is 2.38. The maximum Gasteiger partial charge on any atom is 0.276 e. The lowest BCUT2D eigenvalue weighted by molar-refractivity contribution is -0.385. The molecule has 2 aromatic carbocycles. The normalized spacial score (nSPS) is 15.9. The summed E-state index contributed by atoms with van der Waals surface area (Å²) in [6.45, 7) is 3.91. The molecule has 0 unspecified atom stereocenters. The van der Waals surface area contributed by atoms with Crippen LogP contribution in [-0.2, 0) is 4.79 Å². The average molecular weight is 370 g/mol. The molecule has 1 heterocycles. The molecule has 0 spiro atoms. The zero-order valence-corrected chi connectivity index (χ0v) is 15.2. The number of nitro benzene ring substituents is 1. The molecule has 1 aliphatic heterocycles. The summed E-state index contributed by atoms with van der Waals surface area (Å²) in [6, 6.07) is 12.0. The number of aryl methyl sites for hydroxylation is 1. The maximum absolute atomic E-state index is 12.8. The van der Waals surface area contributed by atoms with E-state index < -0.39 is 4.92 Å². The molecule has 1 amide bonds. The van der Waals surface area contributed by atoms with Gasteiger partial charge < -0.3 is 0 Å². The molecule has 126 valence electrons. The van der Waals surface area contributed by atoms with Crippen molar-refractivity contribution in [2.24, 2.45) is 0 Å². The third-order valence-corrected chi connectivity index (χ3v) is 5.33. The Balaban J connectivity index is 2.03. The van der Waals surface area contributed by atoms with Crippen LogP contribution >= 0.6 is 24.0 Å². The molecule has 25 heavy (non-hydrogen) atoms. The Bertz CT molecular complexity index is 938. The van der Waals surface area contributed by atoms with E-state index in [0.717, 1.165) is 28.6 Å². The molecule has 2 aromatic rings. The van der Waals surface area contributed by atoms with Crippen molar-refractivity contribution >= 4 is 51.7 Å². The quantitative estimate of drug-likeness (QED) is 0.341. The van der Waals surface area contributed by atoms with Crippen LogP contribution in [0.25, 0.3) is 6.08 Å². The zero-order valence-electron chi connectivity index (χ0n) is 13.6. The second-order valence-corrected chi connectivity index (χ2v) is 7.23. The molecule has 5 nitrogen and oxygen atoms in total. The van der Waals surface area contributed by atoms with Crippen LogP contribution in [0.2, 0.25) is 0 Å². The van der Waals surface area contributed by atoms with E-state index in [1.165, 1.54) is 17.0 Å². The molecule has 0 radical (unpaired) electrons. The van der Waals surface area contributed by atoms with Crippen LogP contribution in [0.1, 0.15) is 16.7 Å². The molecule has 0 N–H and O–H groups in total. The largest absolute Gasteiger partial charge is 0.276 e. The van der Waals surface area contributed by atoms with Crippen molar-refractivity contribution in [2.75, 3.05) is 4.90 Å². The van der Waals surface area contributed by atoms with Crippen LogP contribution in [0.5, 0.6) is 0 Å². The Kier molecular flexibility index (Phi) is 4.69. The van der Waals surface area contributed by atoms with Gasteiger partial charge in [0.25, 0.3) is 11.6 Å². The van der Waals surface area contributed by atoms with E-state index in [-0.39, 0.29) is 11.6 Å². The summed E-state index contributed by atoms with van der Waals surface area (Å²) in [5, 5.41) is 11.2. The second kappa shape index (κ2) is 6.78. The average Bonchev–Trinajstić information content (AvgIpc) is 2.85. The van der Waals surface area contributed by atoms with Crippen LogP contribution in [0, 0.1) is 24.0 Å². The Hall–Kier alpha value is -2.51. The van der Waals surface area contributed by atoms with Crippen LogP contribution in [0.15, 0.2) is 47.4 Å². The molecule has 1 saturated heterocycles. The second-order valence-electron chi connectivity index (χ2n) is 5.55. The summed E-state index contributed by atoms with van der Waals surface area (Å²) < 4.78 is 0.420. The van der Waals surface area contributed by atoms with Gasteiger partial charge in [-0.2, -0.15) is 0 Å². The van der Waals surface area contributed by atoms with Crippen LogP contribution in [0.4, 0.5) is 11.4 Å². The van der Waals surface area contributed by atoms with E-state index in [9.17, 15) is 14.9 Å². The lowest BCUT2D eigenvalue weighted by Gasteiger charge is -2.18. The number of amides is 1. The molecule has 0 aromatic heterocycles. The number of carbonyl (C=O) groups is 1. The number of thiocarbonyl (C=S) groups is 1. The van der Waals surface area contributed by atoms with Gasteiger partial charge in [-0.25, -0.2) is 0 Å². The summed E-state index contributed by atoms with van der Waals surface area (Å²) in [5.41, 5.74) is 3.13. The number of nitrogens with zero attached hydrogens (tertiary/aromatic N) is 2. The number of thioether (sulfide) groups is 1. The van der Waals surface area contributed by atoms with Gasteiger partial charge in [-0.1, -0.05) is 48.2 Å².